The number of furan rings is 1. The number of carbonyl (C=O) groups is 1. The van der Waals surface area contributed by atoms with Gasteiger partial charge in [-0.3, -0.25) is 4.79 Å². The number of hydrogen-bond donors (Lipinski definition) is 3. The van der Waals surface area contributed by atoms with Crippen LogP contribution < -0.4 is 5.32 Å². The van der Waals surface area contributed by atoms with Crippen molar-refractivity contribution in [2.24, 2.45) is 0 Å². The summed E-state index contributed by atoms with van der Waals surface area (Å²) >= 11 is 5.73. The first-order chi connectivity index (χ1) is 9.40. The molecule has 3 N–H and O–H groups in total. The molecule has 0 bridgehead atoms. The molecule has 6 heteroatoms. The number of rotatable bonds is 4. The number of phenols is 1. The van der Waals surface area contributed by atoms with Crippen molar-refractivity contribution < 1.29 is 19.4 Å². The Hall–Kier alpha value is -1.98. The van der Waals surface area contributed by atoms with Crippen molar-refractivity contribution in [2.45, 2.75) is 12.5 Å². The second-order valence-electron chi connectivity index (χ2n) is 4.60. The van der Waals surface area contributed by atoms with E-state index in [2.05, 4.69) is 5.32 Å². The molecule has 1 aromatic heterocycles. The number of carbonyl (C=O) groups excluding carboxylic acids is 1. The first-order valence-electron chi connectivity index (χ1n) is 5.93. The summed E-state index contributed by atoms with van der Waals surface area (Å²) in [5.41, 5.74) is -1.01. The summed E-state index contributed by atoms with van der Waals surface area (Å²) in [5.74, 6) is -0.133. The first kappa shape index (κ1) is 14.4. The van der Waals surface area contributed by atoms with Gasteiger partial charge in [-0.1, -0.05) is 11.6 Å². The van der Waals surface area contributed by atoms with Gasteiger partial charge in [0.15, 0.2) is 0 Å². The summed E-state index contributed by atoms with van der Waals surface area (Å²) < 4.78 is 5.12. The molecular weight excluding hydrogens is 282 g/mol. The van der Waals surface area contributed by atoms with Gasteiger partial charge in [0.05, 0.1) is 17.8 Å². The Morgan fingerprint density at radius 1 is 1.45 bits per heavy atom. The third-order valence-electron chi connectivity index (χ3n) is 2.86. The first-order valence-corrected chi connectivity index (χ1v) is 6.31. The van der Waals surface area contributed by atoms with Crippen molar-refractivity contribution in [1.82, 2.24) is 5.32 Å². The Labute approximate surface area is 120 Å². The van der Waals surface area contributed by atoms with E-state index in [-0.39, 0.29) is 17.3 Å². The van der Waals surface area contributed by atoms with E-state index in [4.69, 9.17) is 16.0 Å². The van der Waals surface area contributed by atoms with Gasteiger partial charge in [0.25, 0.3) is 5.91 Å². The van der Waals surface area contributed by atoms with Gasteiger partial charge in [-0.15, -0.1) is 0 Å². The zero-order valence-corrected chi connectivity index (χ0v) is 11.5. The molecule has 1 unspecified atom stereocenters. The van der Waals surface area contributed by atoms with Gasteiger partial charge in [-0.2, -0.15) is 0 Å². The van der Waals surface area contributed by atoms with E-state index in [1.807, 2.05) is 0 Å². The predicted octanol–water partition coefficient (Wildman–Crippen LogP) is 2.28. The molecule has 1 aromatic carbocycles. The minimum atomic E-state index is -1.31. The minimum Gasteiger partial charge on any atom is -0.506 e. The van der Waals surface area contributed by atoms with Gasteiger partial charge in [0.1, 0.15) is 17.1 Å². The number of halogens is 1. The second kappa shape index (κ2) is 5.56. The molecule has 0 aliphatic heterocycles. The highest BCUT2D eigenvalue weighted by Gasteiger charge is 2.27. The van der Waals surface area contributed by atoms with Crippen molar-refractivity contribution in [3.8, 4) is 5.75 Å². The van der Waals surface area contributed by atoms with Crippen LogP contribution in [0.4, 0.5) is 0 Å². The van der Waals surface area contributed by atoms with E-state index in [1.165, 1.54) is 31.4 Å². The molecule has 5 nitrogen and oxygen atoms in total. The van der Waals surface area contributed by atoms with Crippen LogP contribution in [0, 0.1) is 0 Å². The smallest absolute Gasteiger partial charge is 0.251 e. The van der Waals surface area contributed by atoms with Crippen molar-refractivity contribution >= 4 is 17.5 Å². The molecule has 0 aliphatic rings. The fourth-order valence-electron chi connectivity index (χ4n) is 1.67. The fourth-order valence-corrected chi connectivity index (χ4v) is 1.86. The van der Waals surface area contributed by atoms with Crippen molar-refractivity contribution in [3.63, 3.8) is 0 Å². The molecule has 1 atom stereocenters. The molecule has 20 heavy (non-hydrogen) atoms. The van der Waals surface area contributed by atoms with Crippen LogP contribution in [0.25, 0.3) is 0 Å². The molecule has 0 saturated carbocycles. The number of benzene rings is 1. The van der Waals surface area contributed by atoms with Crippen LogP contribution in [0.2, 0.25) is 5.02 Å². The summed E-state index contributed by atoms with van der Waals surface area (Å²) in [5, 5.41) is 22.2. The van der Waals surface area contributed by atoms with Gasteiger partial charge in [-0.25, -0.2) is 0 Å². The van der Waals surface area contributed by atoms with Crippen LogP contribution in [0.3, 0.4) is 0 Å². The minimum absolute atomic E-state index is 0.0160. The lowest BCUT2D eigenvalue weighted by atomic mass is 10.0. The molecule has 1 heterocycles. The SMILES string of the molecule is CC(O)(CNC(=O)c1ccc(O)c(Cl)c1)c1ccco1. The third kappa shape index (κ3) is 3.12. The Bertz CT molecular complexity index is 608. The Morgan fingerprint density at radius 2 is 2.20 bits per heavy atom. The molecule has 0 saturated heterocycles. The molecule has 2 rings (SSSR count). The largest absolute Gasteiger partial charge is 0.506 e. The summed E-state index contributed by atoms with van der Waals surface area (Å²) in [7, 11) is 0. The van der Waals surface area contributed by atoms with E-state index >= 15 is 0 Å². The van der Waals surface area contributed by atoms with Crippen molar-refractivity contribution in [2.75, 3.05) is 6.54 Å². The Morgan fingerprint density at radius 3 is 2.80 bits per heavy atom. The third-order valence-corrected chi connectivity index (χ3v) is 3.16. The highest BCUT2D eigenvalue weighted by atomic mass is 35.5. The summed E-state index contributed by atoms with van der Waals surface area (Å²) in [6.45, 7) is 1.52. The van der Waals surface area contributed by atoms with Gasteiger partial charge < -0.3 is 19.9 Å². The lowest BCUT2D eigenvalue weighted by molar-refractivity contribution is 0.0330. The monoisotopic (exact) mass is 295 g/mol. The van der Waals surface area contributed by atoms with Gasteiger partial charge >= 0.3 is 0 Å². The second-order valence-corrected chi connectivity index (χ2v) is 5.01. The topological polar surface area (TPSA) is 82.7 Å². The molecule has 0 aliphatic carbocycles. The standard InChI is InChI=1S/C14H14ClNO4/c1-14(19,12-3-2-6-20-12)8-16-13(18)9-4-5-11(17)10(15)7-9/h2-7,17,19H,8H2,1H3,(H,16,18). The summed E-state index contributed by atoms with van der Waals surface area (Å²) in [4.78, 5) is 11.9. The predicted molar refractivity (Wildman–Crippen MR) is 73.7 cm³/mol. The lowest BCUT2D eigenvalue weighted by Crippen LogP contribution is -2.38. The quantitative estimate of drug-likeness (QED) is 0.808. The summed E-state index contributed by atoms with van der Waals surface area (Å²) in [6, 6.07) is 7.42. The highest BCUT2D eigenvalue weighted by Crippen LogP contribution is 2.24. The summed E-state index contributed by atoms with van der Waals surface area (Å²) in [6.07, 6.45) is 1.45. The van der Waals surface area contributed by atoms with E-state index in [0.29, 0.717) is 11.3 Å². The van der Waals surface area contributed by atoms with Gasteiger partial charge in [0.2, 0.25) is 0 Å². The normalized spacial score (nSPS) is 13.8. The van der Waals surface area contributed by atoms with Crippen LogP contribution in [0.5, 0.6) is 5.75 Å². The van der Waals surface area contributed by atoms with E-state index in [0.717, 1.165) is 0 Å². The maximum Gasteiger partial charge on any atom is 0.251 e. The molecule has 0 spiro atoms. The van der Waals surface area contributed by atoms with Crippen molar-refractivity contribution in [1.29, 1.82) is 0 Å². The van der Waals surface area contributed by atoms with Crippen LogP contribution >= 0.6 is 11.6 Å². The Kier molecular flexibility index (Phi) is 4.01. The highest BCUT2D eigenvalue weighted by molar-refractivity contribution is 6.32. The number of aliphatic hydroxyl groups is 1. The number of phenolic OH excluding ortho intramolecular Hbond substituents is 1. The van der Waals surface area contributed by atoms with Crippen molar-refractivity contribution in [3.05, 3.63) is 52.9 Å². The van der Waals surface area contributed by atoms with Crippen LogP contribution in [0.1, 0.15) is 23.0 Å². The zero-order valence-electron chi connectivity index (χ0n) is 10.8. The molecular formula is C14H14ClNO4. The van der Waals surface area contributed by atoms with Gasteiger partial charge in [0, 0.05) is 5.56 Å². The number of hydrogen-bond acceptors (Lipinski definition) is 4. The Balaban J connectivity index is 2.03. The fraction of sp³-hybridized carbons (Fsp3) is 0.214. The van der Waals surface area contributed by atoms with Crippen LogP contribution in [0.15, 0.2) is 41.0 Å². The van der Waals surface area contributed by atoms with Crippen LogP contribution in [-0.4, -0.2) is 22.7 Å². The molecule has 0 radical (unpaired) electrons. The van der Waals surface area contributed by atoms with E-state index in [1.54, 1.807) is 12.1 Å². The number of amides is 1. The van der Waals surface area contributed by atoms with E-state index in [9.17, 15) is 15.0 Å². The molecule has 1 amide bonds. The average molecular weight is 296 g/mol. The number of nitrogens with one attached hydrogen (secondary N) is 1. The molecule has 2 aromatic rings. The average Bonchev–Trinajstić information content (AvgIpc) is 2.94. The zero-order chi connectivity index (χ0) is 14.8. The molecule has 0 fully saturated rings. The lowest BCUT2D eigenvalue weighted by Gasteiger charge is -2.21. The van der Waals surface area contributed by atoms with Gasteiger partial charge in [-0.05, 0) is 37.3 Å². The maximum absolute atomic E-state index is 11.9. The van der Waals surface area contributed by atoms with E-state index < -0.39 is 11.5 Å². The maximum atomic E-state index is 11.9. The number of aromatic hydroxyl groups is 1. The van der Waals surface area contributed by atoms with Crippen LogP contribution in [-0.2, 0) is 5.60 Å². The molecule has 106 valence electrons.